The number of nitrogens with zero attached hydrogens (tertiary/aromatic N) is 4. The summed E-state index contributed by atoms with van der Waals surface area (Å²) in [6.07, 6.45) is 11.6. The van der Waals surface area contributed by atoms with Crippen LogP contribution in [0.3, 0.4) is 0 Å². The molecule has 0 aliphatic carbocycles. The molecule has 0 atom stereocenters. The second-order valence-electron chi connectivity index (χ2n) is 27.8. The number of benzene rings is 4. The van der Waals surface area contributed by atoms with E-state index in [9.17, 15) is 38.4 Å². The van der Waals surface area contributed by atoms with Gasteiger partial charge in [-0.1, -0.05) is 131 Å². The highest BCUT2D eigenvalue weighted by atomic mass is 32.2. The molecule has 13 aliphatic rings. The molecule has 7 N–H and O–H groups in total. The third-order valence-electron chi connectivity index (χ3n) is 19.1. The van der Waals surface area contributed by atoms with Crippen LogP contribution < -0.4 is 75.1 Å². The van der Waals surface area contributed by atoms with E-state index in [1.54, 1.807) is 53.4 Å². The van der Waals surface area contributed by atoms with Crippen LogP contribution in [0.4, 0.5) is 0 Å². The standard InChI is InChI=1S/C83H123N11O16S2/c1-9-17-50-103-67-59-25-28-62(70(67)106-53-20-12-4)78(98)87-36-43-92-44-37-88-79(99)63-29-26-60(68(104-51-18-10-2)71(63)107-54-21-13-5)76(96)85-34-41-91(40-33-84-75(59)95)42-35-86-77(97)61-27-30-64(72(108-55-22-14-6)69(61)105-52-19-11-3)80(100)89-38-45-93(48-47-92)46-39-90-81(101)65-31-32-66(82(102)94-49-58-112-83(94)111)74(110-57-24-16-8)73(65)109-56-23-15-7/h25-32H,9-24,33-58H2,1-8H3,(H,84,95)(H,85,96)(H,86,97)(H,87,98)(H,88,99)(H,89,100)(H,90,101). The molecule has 0 unspecified atom stereocenters. The second-order valence-corrected chi connectivity index (χ2v) is 29.5. The topological polar surface area (TPSA) is 308 Å². The quantitative estimate of drug-likeness (QED) is 0.0163. The van der Waals surface area contributed by atoms with Crippen LogP contribution >= 0.6 is 24.0 Å². The fourth-order valence-corrected chi connectivity index (χ4v) is 13.5. The molecule has 4 aromatic rings. The first kappa shape index (κ1) is 90.6. The monoisotopic (exact) mass is 1590 g/mol. The summed E-state index contributed by atoms with van der Waals surface area (Å²) in [6, 6.07) is 12.6. The lowest BCUT2D eigenvalue weighted by molar-refractivity contribution is 0.0851. The number of rotatable bonds is 37. The smallest absolute Gasteiger partial charge is 0.263 e. The maximum absolute atomic E-state index is 14.9. The number of ether oxygens (including phenoxy) is 8. The SMILES string of the molecule is CCCCOc1c2ccc(c1OCCCC)C(=O)NCCN1CCNC(=O)c3ccc(c(OCCCC)c3OCCCC)C(=O)NCCN(CCNC2=O)CCNC(=O)c2ccc(c(OCCCC)c2OCCCC)C(=O)NCCN(CCNC(=O)c2ccc(C(=O)N3CCSC3=S)c(OCCCC)c2OCCCC)CC1. The molecule has 1 saturated heterocycles. The number of thiocarbonyl (C=S) groups is 1. The molecule has 8 amide bonds. The van der Waals surface area contributed by atoms with E-state index in [0.717, 1.165) is 51.4 Å². The van der Waals surface area contributed by atoms with Gasteiger partial charge in [-0.3, -0.25) is 58.0 Å². The Morgan fingerprint density at radius 3 is 0.911 bits per heavy atom. The Morgan fingerprint density at radius 1 is 0.357 bits per heavy atom. The van der Waals surface area contributed by atoms with Gasteiger partial charge >= 0.3 is 0 Å². The van der Waals surface area contributed by atoms with Gasteiger partial charge in [0.25, 0.3) is 47.3 Å². The number of hydrogen-bond donors (Lipinski definition) is 7. The maximum Gasteiger partial charge on any atom is 0.263 e. The van der Waals surface area contributed by atoms with Crippen molar-refractivity contribution < 1.29 is 76.3 Å². The van der Waals surface area contributed by atoms with Gasteiger partial charge in [0.1, 0.15) is 4.32 Å². The highest BCUT2D eigenvalue weighted by molar-refractivity contribution is 8.23. The molecule has 27 nitrogen and oxygen atoms in total. The zero-order valence-electron chi connectivity index (χ0n) is 67.5. The summed E-state index contributed by atoms with van der Waals surface area (Å²) in [4.78, 5) is 126. The first-order valence-corrected chi connectivity index (χ1v) is 42.3. The van der Waals surface area contributed by atoms with Gasteiger partial charge in [0.05, 0.1) is 97.4 Å². The lowest BCUT2D eigenvalue weighted by Gasteiger charge is -2.28. The third kappa shape index (κ3) is 27.6. The van der Waals surface area contributed by atoms with E-state index in [0.29, 0.717) is 81.1 Å². The Balaban J connectivity index is 1.36. The molecule has 13 heterocycles. The minimum Gasteiger partial charge on any atom is -0.489 e. The first-order chi connectivity index (χ1) is 54.6. The summed E-state index contributed by atoms with van der Waals surface area (Å²) in [5.74, 6) is -1.91. The van der Waals surface area contributed by atoms with E-state index in [1.165, 1.54) is 11.8 Å². The van der Waals surface area contributed by atoms with E-state index < -0.39 is 41.4 Å². The number of thioether (sulfide) groups is 1. The summed E-state index contributed by atoms with van der Waals surface area (Å²) in [7, 11) is 0. The fraction of sp³-hybridized carbons (Fsp3) is 0.602. The van der Waals surface area contributed by atoms with E-state index in [4.69, 9.17) is 50.1 Å². The minimum atomic E-state index is -0.491. The van der Waals surface area contributed by atoms with Crippen molar-refractivity contribution in [3.8, 4) is 46.0 Å². The van der Waals surface area contributed by atoms with Gasteiger partial charge in [0.2, 0.25) is 0 Å². The predicted molar refractivity (Wildman–Crippen MR) is 441 cm³/mol. The van der Waals surface area contributed by atoms with Crippen LogP contribution in [0.25, 0.3) is 0 Å². The number of hydrogen-bond acceptors (Lipinski definition) is 21. The van der Waals surface area contributed by atoms with Gasteiger partial charge in [0, 0.05) is 117 Å². The zero-order valence-corrected chi connectivity index (χ0v) is 69.1. The highest BCUT2D eigenvalue weighted by Gasteiger charge is 2.33. The Kier molecular flexibility index (Phi) is 40.8. The van der Waals surface area contributed by atoms with E-state index >= 15 is 0 Å². The summed E-state index contributed by atoms with van der Waals surface area (Å²) in [6.45, 7) is 21.6. The molecule has 29 heteroatoms. The fourth-order valence-electron chi connectivity index (χ4n) is 12.3. The van der Waals surface area contributed by atoms with Crippen LogP contribution in [0, 0.1) is 0 Å². The normalized spacial score (nSPS) is 16.8. The van der Waals surface area contributed by atoms with Crippen molar-refractivity contribution in [2.75, 3.05) is 170 Å². The van der Waals surface area contributed by atoms with Crippen LogP contribution in [0.15, 0.2) is 48.5 Å². The van der Waals surface area contributed by atoms with Gasteiger partial charge in [-0.25, -0.2) is 0 Å². The number of nitrogens with one attached hydrogen (secondary N) is 7. The Hall–Kier alpha value is -8.64. The van der Waals surface area contributed by atoms with Crippen LogP contribution in [-0.4, -0.2) is 241 Å². The zero-order chi connectivity index (χ0) is 80.4. The van der Waals surface area contributed by atoms with Crippen molar-refractivity contribution in [3.05, 3.63) is 93.0 Å². The molecule has 0 radical (unpaired) electrons. The molecule has 13 aliphatic heterocycles. The molecule has 0 aromatic heterocycles. The Morgan fingerprint density at radius 2 is 0.625 bits per heavy atom. The van der Waals surface area contributed by atoms with Gasteiger partial charge in [-0.2, -0.15) is 0 Å². The largest absolute Gasteiger partial charge is 0.489 e. The average molecular weight is 1600 g/mol. The first-order valence-electron chi connectivity index (χ1n) is 40.9. The third-order valence-corrected chi connectivity index (χ3v) is 20.5. The number of carbonyl (C=O) groups is 8. The molecule has 8 bridgehead atoms. The van der Waals surface area contributed by atoms with Crippen molar-refractivity contribution in [1.82, 2.24) is 56.8 Å². The summed E-state index contributed by atoms with van der Waals surface area (Å²) >= 11 is 7.02. The molecule has 0 spiro atoms. The Labute approximate surface area is 672 Å². The number of carbonyl (C=O) groups excluding carboxylic acids is 8. The van der Waals surface area contributed by atoms with Crippen molar-refractivity contribution in [2.45, 2.75) is 158 Å². The van der Waals surface area contributed by atoms with Crippen LogP contribution in [0.1, 0.15) is 241 Å². The summed E-state index contributed by atoms with van der Waals surface area (Å²) in [5.41, 5.74) is 1.39. The van der Waals surface area contributed by atoms with Crippen molar-refractivity contribution in [3.63, 3.8) is 0 Å². The van der Waals surface area contributed by atoms with Gasteiger partial charge in [-0.15, -0.1) is 0 Å². The van der Waals surface area contributed by atoms with E-state index in [-0.39, 0.29) is 241 Å². The van der Waals surface area contributed by atoms with Crippen LogP contribution in [0.5, 0.6) is 46.0 Å². The van der Waals surface area contributed by atoms with Crippen molar-refractivity contribution in [2.24, 2.45) is 0 Å². The summed E-state index contributed by atoms with van der Waals surface area (Å²) in [5, 5.41) is 21.7. The van der Waals surface area contributed by atoms with E-state index in [2.05, 4.69) is 47.0 Å². The van der Waals surface area contributed by atoms with Gasteiger partial charge in [0.15, 0.2) is 46.0 Å². The average Bonchev–Trinajstić information content (AvgIpc) is 1.01. The summed E-state index contributed by atoms with van der Waals surface area (Å²) < 4.78 is 52.1. The number of amides is 8. The van der Waals surface area contributed by atoms with Crippen molar-refractivity contribution >= 4 is 75.6 Å². The number of unbranched alkanes of at least 4 members (excludes halogenated alkanes) is 8. The van der Waals surface area contributed by atoms with Gasteiger partial charge in [-0.05, 0) is 99.9 Å². The lowest BCUT2D eigenvalue weighted by Crippen LogP contribution is -2.46. The highest BCUT2D eigenvalue weighted by Crippen LogP contribution is 2.41. The molecular formula is C83H123N11O16S2. The lowest BCUT2D eigenvalue weighted by atomic mass is 10.1. The second kappa shape index (κ2) is 50.5. The molecule has 17 rings (SSSR count). The maximum atomic E-state index is 14.9. The Bertz CT molecular complexity index is 3610. The van der Waals surface area contributed by atoms with Crippen molar-refractivity contribution in [1.29, 1.82) is 0 Å². The molecule has 112 heavy (non-hydrogen) atoms. The molecule has 618 valence electrons. The van der Waals surface area contributed by atoms with Crippen LogP contribution in [-0.2, 0) is 0 Å². The van der Waals surface area contributed by atoms with E-state index in [1.807, 2.05) is 60.3 Å². The van der Waals surface area contributed by atoms with Crippen LogP contribution in [0.2, 0.25) is 0 Å². The minimum absolute atomic E-state index is 0.0865. The molecular weight excluding hydrogens is 1470 g/mol. The molecule has 1 fully saturated rings. The predicted octanol–water partition coefficient (Wildman–Crippen LogP) is 10.7. The molecule has 0 saturated carbocycles. The molecule has 4 aromatic carbocycles. The van der Waals surface area contributed by atoms with Gasteiger partial charge < -0.3 is 75.1 Å².